The molecule has 31 heavy (non-hydrogen) atoms. The second-order valence-electron chi connectivity index (χ2n) is 7.32. The van der Waals surface area contributed by atoms with E-state index < -0.39 is 16.9 Å². The van der Waals surface area contributed by atoms with Gasteiger partial charge in [0.25, 0.3) is 5.91 Å². The van der Waals surface area contributed by atoms with Crippen molar-refractivity contribution in [2.24, 2.45) is 0 Å². The summed E-state index contributed by atoms with van der Waals surface area (Å²) in [5, 5.41) is 0.828. The van der Waals surface area contributed by atoms with Crippen molar-refractivity contribution in [3.63, 3.8) is 0 Å². The highest BCUT2D eigenvalue weighted by Crippen LogP contribution is 2.27. The summed E-state index contributed by atoms with van der Waals surface area (Å²) in [5.41, 5.74) is 3.40. The minimum absolute atomic E-state index is 0.135. The second-order valence-corrected chi connectivity index (χ2v) is 8.50. The average molecular weight is 433 g/mol. The number of anilines is 1. The van der Waals surface area contributed by atoms with E-state index >= 15 is 0 Å². The van der Waals surface area contributed by atoms with E-state index in [-0.39, 0.29) is 5.76 Å². The Morgan fingerprint density at radius 1 is 1.00 bits per heavy atom. The lowest BCUT2D eigenvalue weighted by Gasteiger charge is -2.17. The number of fused-ring (bicyclic) bond motifs is 1. The Kier molecular flexibility index (Phi) is 6.18. The molecular weight excluding hydrogens is 408 g/mol. The molecule has 1 unspecified atom stereocenters. The van der Waals surface area contributed by atoms with E-state index in [4.69, 9.17) is 4.42 Å². The van der Waals surface area contributed by atoms with Gasteiger partial charge in [-0.2, -0.15) is 0 Å². The van der Waals surface area contributed by atoms with Crippen LogP contribution in [0.5, 0.6) is 0 Å². The molecule has 0 fully saturated rings. The van der Waals surface area contributed by atoms with Gasteiger partial charge in [-0.15, -0.1) is 0 Å². The van der Waals surface area contributed by atoms with Gasteiger partial charge in [-0.3, -0.25) is 9.52 Å². The van der Waals surface area contributed by atoms with Crippen LogP contribution in [0.15, 0.2) is 88.2 Å². The van der Waals surface area contributed by atoms with E-state index in [1.165, 1.54) is 0 Å². The van der Waals surface area contributed by atoms with Crippen molar-refractivity contribution in [2.45, 2.75) is 18.2 Å². The summed E-state index contributed by atoms with van der Waals surface area (Å²) in [5.74, 6) is -0.378. The van der Waals surface area contributed by atoms with Crippen LogP contribution < -0.4 is 9.62 Å². The lowest BCUT2D eigenvalue weighted by Crippen LogP contribution is -2.25. The molecule has 1 atom stereocenters. The molecule has 0 aliphatic heterocycles. The van der Waals surface area contributed by atoms with E-state index in [1.54, 1.807) is 18.2 Å². The van der Waals surface area contributed by atoms with Crippen molar-refractivity contribution in [1.82, 2.24) is 4.72 Å². The summed E-state index contributed by atoms with van der Waals surface area (Å²) in [4.78, 5) is 15.4. The van der Waals surface area contributed by atoms with Gasteiger partial charge >= 0.3 is 0 Å². The molecule has 1 N–H and O–H groups in total. The number of carbonyl (C=O) groups excluding carboxylic acids is 1. The lowest BCUT2D eigenvalue weighted by atomic mass is 10.1. The molecule has 0 saturated heterocycles. The first-order chi connectivity index (χ1) is 15.1. The van der Waals surface area contributed by atoms with Gasteiger partial charge in [-0.25, -0.2) is 4.21 Å². The fourth-order valence-corrected chi connectivity index (χ4v) is 4.47. The molecule has 0 bridgehead atoms. The Morgan fingerprint density at radius 2 is 1.74 bits per heavy atom. The van der Waals surface area contributed by atoms with Crippen molar-refractivity contribution in [2.75, 3.05) is 18.5 Å². The molecule has 5 nitrogen and oxygen atoms in total. The molecule has 6 heteroatoms. The number of hydrogen-bond donors (Lipinski definition) is 1. The van der Waals surface area contributed by atoms with E-state index in [2.05, 4.69) is 16.5 Å². The van der Waals surface area contributed by atoms with Crippen molar-refractivity contribution in [3.8, 4) is 11.1 Å². The van der Waals surface area contributed by atoms with Gasteiger partial charge in [0.1, 0.15) is 5.58 Å². The summed E-state index contributed by atoms with van der Waals surface area (Å²) in [6.45, 7) is 3.06. The van der Waals surface area contributed by atoms with Crippen LogP contribution in [0.1, 0.15) is 23.9 Å². The van der Waals surface area contributed by atoms with Gasteiger partial charge in [0.05, 0.1) is 4.90 Å². The average Bonchev–Trinajstić information content (AvgIpc) is 3.23. The van der Waals surface area contributed by atoms with Gasteiger partial charge < -0.3 is 9.32 Å². The van der Waals surface area contributed by atoms with Crippen LogP contribution in [0.25, 0.3) is 22.1 Å². The Hall–Kier alpha value is -3.38. The normalized spacial score (nSPS) is 11.9. The number of hydrogen-bond acceptors (Lipinski definition) is 4. The number of amides is 1. The quantitative estimate of drug-likeness (QED) is 0.425. The van der Waals surface area contributed by atoms with Gasteiger partial charge in [-0.05, 0) is 41.8 Å². The van der Waals surface area contributed by atoms with Crippen LogP contribution in [0.3, 0.4) is 0 Å². The molecule has 158 valence electrons. The van der Waals surface area contributed by atoms with Crippen LogP contribution in [-0.4, -0.2) is 23.7 Å². The number of rotatable bonds is 7. The maximum Gasteiger partial charge on any atom is 0.298 e. The summed E-state index contributed by atoms with van der Waals surface area (Å²) >= 11 is 0. The van der Waals surface area contributed by atoms with E-state index in [1.807, 2.05) is 67.7 Å². The monoisotopic (exact) mass is 432 g/mol. The third kappa shape index (κ3) is 4.54. The highest BCUT2D eigenvalue weighted by molar-refractivity contribution is 7.83. The number of nitrogens with zero attached hydrogens (tertiary/aromatic N) is 1. The maximum atomic E-state index is 13.0. The fraction of sp³-hybridized carbons (Fsp3) is 0.160. The fourth-order valence-electron chi connectivity index (χ4n) is 3.51. The zero-order valence-corrected chi connectivity index (χ0v) is 18.3. The SMILES string of the molecule is CCCN(C)c1ccc2cc(C(=O)NS(=O)c3ccccc3-c3ccccc3)oc2c1. The zero-order valence-electron chi connectivity index (χ0n) is 17.5. The highest BCUT2D eigenvalue weighted by atomic mass is 32.2. The Labute approximate surface area is 184 Å². The van der Waals surface area contributed by atoms with E-state index in [0.717, 1.165) is 35.2 Å². The molecule has 0 aliphatic rings. The third-order valence-electron chi connectivity index (χ3n) is 5.08. The minimum Gasteiger partial charge on any atom is -0.451 e. The molecule has 1 heterocycles. The summed E-state index contributed by atoms with van der Waals surface area (Å²) in [7, 11) is 0.292. The topological polar surface area (TPSA) is 62.6 Å². The van der Waals surface area contributed by atoms with Crippen LogP contribution in [0.2, 0.25) is 0 Å². The molecule has 0 aliphatic carbocycles. The highest BCUT2D eigenvalue weighted by Gasteiger charge is 2.18. The van der Waals surface area contributed by atoms with Crippen molar-refractivity contribution < 1.29 is 13.4 Å². The van der Waals surface area contributed by atoms with Crippen LogP contribution in [0.4, 0.5) is 5.69 Å². The Bertz CT molecular complexity index is 1230. The largest absolute Gasteiger partial charge is 0.451 e. The molecule has 0 radical (unpaired) electrons. The minimum atomic E-state index is -1.73. The predicted octanol–water partition coefficient (Wildman–Crippen LogP) is 5.40. The smallest absolute Gasteiger partial charge is 0.298 e. The van der Waals surface area contributed by atoms with Crippen LogP contribution in [0, 0.1) is 0 Å². The number of furan rings is 1. The predicted molar refractivity (Wildman–Crippen MR) is 126 cm³/mol. The molecule has 1 amide bonds. The van der Waals surface area contributed by atoms with Crippen molar-refractivity contribution in [1.29, 1.82) is 0 Å². The zero-order chi connectivity index (χ0) is 21.8. The first-order valence-electron chi connectivity index (χ1n) is 10.2. The first-order valence-corrected chi connectivity index (χ1v) is 11.3. The number of nitrogens with one attached hydrogen (secondary N) is 1. The maximum absolute atomic E-state index is 13.0. The second kappa shape index (κ2) is 9.18. The molecule has 3 aromatic carbocycles. The standard InChI is InChI=1S/C25H24N2O3S/c1-3-15-27(2)20-14-13-19-16-23(30-22(19)17-20)25(28)26-31(29)24-12-8-7-11-21(24)18-9-5-4-6-10-18/h4-14,16-17H,3,15H2,1-2H3,(H,26,28). The third-order valence-corrected chi connectivity index (χ3v) is 6.21. The van der Waals surface area contributed by atoms with Gasteiger partial charge in [0.15, 0.2) is 16.7 Å². The summed E-state index contributed by atoms with van der Waals surface area (Å²) in [6, 6.07) is 24.5. The lowest BCUT2D eigenvalue weighted by molar-refractivity contribution is 0.0958. The Balaban J connectivity index is 1.56. The van der Waals surface area contributed by atoms with E-state index in [9.17, 15) is 9.00 Å². The van der Waals surface area contributed by atoms with Crippen LogP contribution >= 0.6 is 0 Å². The van der Waals surface area contributed by atoms with Crippen LogP contribution in [-0.2, 0) is 11.0 Å². The summed E-state index contributed by atoms with van der Waals surface area (Å²) < 4.78 is 21.3. The molecule has 4 aromatic rings. The molecule has 1 aromatic heterocycles. The van der Waals surface area contributed by atoms with Gasteiger partial charge in [0, 0.05) is 30.7 Å². The van der Waals surface area contributed by atoms with Crippen molar-refractivity contribution >= 4 is 33.5 Å². The molecule has 0 saturated carbocycles. The van der Waals surface area contributed by atoms with Crippen molar-refractivity contribution in [3.05, 3.63) is 84.6 Å². The molecular formula is C25H24N2O3S. The molecule has 4 rings (SSSR count). The van der Waals surface area contributed by atoms with Gasteiger partial charge in [-0.1, -0.05) is 55.5 Å². The molecule has 0 spiro atoms. The van der Waals surface area contributed by atoms with E-state index in [0.29, 0.717) is 10.5 Å². The Morgan fingerprint density at radius 3 is 2.52 bits per heavy atom. The first kappa shape index (κ1) is 20.9. The number of benzene rings is 3. The van der Waals surface area contributed by atoms with Gasteiger partial charge in [0.2, 0.25) is 0 Å². The number of carbonyl (C=O) groups is 1. The summed E-state index contributed by atoms with van der Waals surface area (Å²) in [6.07, 6.45) is 1.04.